The van der Waals surface area contributed by atoms with Crippen LogP contribution in [0.3, 0.4) is 0 Å². The molecule has 0 atom stereocenters. The lowest BCUT2D eigenvalue weighted by atomic mass is 10.0. The van der Waals surface area contributed by atoms with Gasteiger partial charge in [0, 0.05) is 6.54 Å². The molecule has 0 spiro atoms. The van der Waals surface area contributed by atoms with Gasteiger partial charge in [-0.2, -0.15) is 0 Å². The molecule has 1 N–H and O–H groups in total. The van der Waals surface area contributed by atoms with Crippen molar-refractivity contribution in [1.29, 1.82) is 0 Å². The Balaban J connectivity index is 1.68. The molecule has 1 heterocycles. The van der Waals surface area contributed by atoms with Gasteiger partial charge in [-0.25, -0.2) is 9.97 Å². The second-order valence-electron chi connectivity index (χ2n) is 4.54. The highest BCUT2D eigenvalue weighted by atomic mass is 14.9. The van der Waals surface area contributed by atoms with E-state index in [1.807, 2.05) is 6.07 Å². The van der Waals surface area contributed by atoms with E-state index in [4.69, 9.17) is 0 Å². The van der Waals surface area contributed by atoms with Gasteiger partial charge in [0.15, 0.2) is 0 Å². The summed E-state index contributed by atoms with van der Waals surface area (Å²) in [4.78, 5) is 7.95. The quantitative estimate of drug-likeness (QED) is 0.777. The minimum absolute atomic E-state index is 0.766. The van der Waals surface area contributed by atoms with Crippen LogP contribution in [0, 0.1) is 0 Å². The molecule has 0 fully saturated rings. The summed E-state index contributed by atoms with van der Waals surface area (Å²) in [7, 11) is 0. The van der Waals surface area contributed by atoms with E-state index in [2.05, 4.69) is 63.8 Å². The summed E-state index contributed by atoms with van der Waals surface area (Å²) < 4.78 is 0. The summed E-state index contributed by atoms with van der Waals surface area (Å²) in [6.07, 6.45) is 5.07. The van der Waals surface area contributed by atoms with Crippen LogP contribution in [0.1, 0.15) is 5.56 Å². The fraction of sp³-hybridized carbons (Fsp3) is 0.0588. The van der Waals surface area contributed by atoms with E-state index >= 15 is 0 Å². The Morgan fingerprint density at radius 1 is 0.750 bits per heavy atom. The molecule has 0 saturated heterocycles. The van der Waals surface area contributed by atoms with Crippen LogP contribution in [0.25, 0.3) is 11.1 Å². The maximum absolute atomic E-state index is 3.98. The lowest BCUT2D eigenvalue weighted by Crippen LogP contribution is -1.99. The number of aromatic nitrogens is 2. The maximum Gasteiger partial charge on any atom is 0.115 e. The highest BCUT2D eigenvalue weighted by Gasteiger charge is 1.98. The van der Waals surface area contributed by atoms with Crippen molar-refractivity contribution < 1.29 is 0 Å². The first-order valence-electron chi connectivity index (χ1n) is 6.55. The van der Waals surface area contributed by atoms with E-state index in [1.54, 1.807) is 12.4 Å². The third-order valence-electron chi connectivity index (χ3n) is 3.12. The van der Waals surface area contributed by atoms with Crippen LogP contribution in [0.15, 0.2) is 73.3 Å². The number of hydrogen-bond donors (Lipinski definition) is 1. The molecule has 3 aromatic rings. The molecule has 0 radical (unpaired) electrons. The van der Waals surface area contributed by atoms with E-state index in [1.165, 1.54) is 23.0 Å². The third kappa shape index (κ3) is 3.01. The first-order chi connectivity index (χ1) is 9.92. The van der Waals surface area contributed by atoms with Crippen LogP contribution < -0.4 is 5.32 Å². The minimum atomic E-state index is 0.766. The van der Waals surface area contributed by atoms with Gasteiger partial charge in [0.1, 0.15) is 6.33 Å². The van der Waals surface area contributed by atoms with Gasteiger partial charge in [0.25, 0.3) is 0 Å². The molecule has 98 valence electrons. The van der Waals surface area contributed by atoms with Crippen LogP contribution in [-0.2, 0) is 6.54 Å². The van der Waals surface area contributed by atoms with E-state index < -0.39 is 0 Å². The molecule has 0 bridgehead atoms. The molecule has 0 unspecified atom stereocenters. The van der Waals surface area contributed by atoms with Gasteiger partial charge in [-0.3, -0.25) is 0 Å². The van der Waals surface area contributed by atoms with E-state index in [9.17, 15) is 0 Å². The smallest absolute Gasteiger partial charge is 0.115 e. The van der Waals surface area contributed by atoms with Crippen LogP contribution >= 0.6 is 0 Å². The molecule has 3 rings (SSSR count). The summed E-state index contributed by atoms with van der Waals surface area (Å²) in [5.74, 6) is 0. The predicted molar refractivity (Wildman–Crippen MR) is 81.2 cm³/mol. The molecule has 3 heteroatoms. The van der Waals surface area contributed by atoms with Gasteiger partial charge in [0.2, 0.25) is 0 Å². The fourth-order valence-corrected chi connectivity index (χ4v) is 2.04. The fourth-order valence-electron chi connectivity index (χ4n) is 2.04. The second kappa shape index (κ2) is 5.97. The van der Waals surface area contributed by atoms with Crippen LogP contribution in [0.5, 0.6) is 0 Å². The number of benzene rings is 2. The predicted octanol–water partition coefficient (Wildman–Crippen LogP) is 3.76. The number of nitrogens with zero attached hydrogens (tertiary/aromatic N) is 2. The zero-order chi connectivity index (χ0) is 13.6. The summed E-state index contributed by atoms with van der Waals surface area (Å²) in [6.45, 7) is 0.766. The monoisotopic (exact) mass is 261 g/mol. The first-order valence-corrected chi connectivity index (χ1v) is 6.55. The molecule has 0 saturated carbocycles. The first kappa shape index (κ1) is 12.4. The average molecular weight is 261 g/mol. The molecule has 2 aromatic carbocycles. The highest BCUT2D eigenvalue weighted by molar-refractivity contribution is 5.63. The molecule has 0 aliphatic rings. The van der Waals surface area contributed by atoms with Crippen molar-refractivity contribution in [2.45, 2.75) is 6.54 Å². The van der Waals surface area contributed by atoms with Gasteiger partial charge < -0.3 is 5.32 Å². The summed E-state index contributed by atoms with van der Waals surface area (Å²) >= 11 is 0. The molecule has 3 nitrogen and oxygen atoms in total. The Labute approximate surface area is 118 Å². The topological polar surface area (TPSA) is 37.8 Å². The standard InChI is InChI=1S/C17H15N3/c1-2-4-15(5-3-1)16-8-6-14(7-9-16)10-20-17-11-18-13-19-12-17/h1-9,11-13,20H,10H2. The van der Waals surface area contributed by atoms with Crippen molar-refractivity contribution in [2.24, 2.45) is 0 Å². The molecular weight excluding hydrogens is 246 g/mol. The Morgan fingerprint density at radius 3 is 2.10 bits per heavy atom. The van der Waals surface area contributed by atoms with E-state index in [-0.39, 0.29) is 0 Å². The van der Waals surface area contributed by atoms with Crippen molar-refractivity contribution in [1.82, 2.24) is 9.97 Å². The highest BCUT2D eigenvalue weighted by Crippen LogP contribution is 2.19. The maximum atomic E-state index is 3.98. The largest absolute Gasteiger partial charge is 0.378 e. The Morgan fingerprint density at radius 2 is 1.40 bits per heavy atom. The average Bonchev–Trinajstić information content (AvgIpc) is 2.55. The van der Waals surface area contributed by atoms with Crippen LogP contribution in [-0.4, -0.2) is 9.97 Å². The van der Waals surface area contributed by atoms with E-state index in [0.717, 1.165) is 12.2 Å². The number of anilines is 1. The SMILES string of the molecule is c1ccc(-c2ccc(CNc3cncnc3)cc2)cc1. The molecule has 0 aliphatic carbocycles. The van der Waals surface area contributed by atoms with Crippen molar-refractivity contribution in [3.8, 4) is 11.1 Å². The van der Waals surface area contributed by atoms with Gasteiger partial charge in [-0.1, -0.05) is 54.6 Å². The van der Waals surface area contributed by atoms with Gasteiger partial charge in [-0.05, 0) is 16.7 Å². The molecule has 0 amide bonds. The summed E-state index contributed by atoms with van der Waals surface area (Å²) in [5.41, 5.74) is 4.63. The second-order valence-corrected chi connectivity index (χ2v) is 4.54. The Hall–Kier alpha value is -2.68. The normalized spacial score (nSPS) is 10.2. The number of nitrogens with one attached hydrogen (secondary N) is 1. The number of rotatable bonds is 4. The summed E-state index contributed by atoms with van der Waals surface area (Å²) in [6, 6.07) is 19.0. The van der Waals surface area contributed by atoms with Crippen LogP contribution in [0.4, 0.5) is 5.69 Å². The molecule has 1 aromatic heterocycles. The van der Waals surface area contributed by atoms with Crippen LogP contribution in [0.2, 0.25) is 0 Å². The number of hydrogen-bond acceptors (Lipinski definition) is 3. The summed E-state index contributed by atoms with van der Waals surface area (Å²) in [5, 5.41) is 3.30. The zero-order valence-electron chi connectivity index (χ0n) is 11.0. The molecule has 0 aliphatic heterocycles. The lowest BCUT2D eigenvalue weighted by molar-refractivity contribution is 1.10. The zero-order valence-corrected chi connectivity index (χ0v) is 11.0. The molecule has 20 heavy (non-hydrogen) atoms. The minimum Gasteiger partial charge on any atom is -0.378 e. The van der Waals surface area contributed by atoms with Gasteiger partial charge in [0.05, 0.1) is 18.1 Å². The van der Waals surface area contributed by atoms with E-state index in [0.29, 0.717) is 0 Å². The van der Waals surface area contributed by atoms with Crippen molar-refractivity contribution in [3.63, 3.8) is 0 Å². The Kier molecular flexibility index (Phi) is 3.69. The van der Waals surface area contributed by atoms with Gasteiger partial charge in [-0.15, -0.1) is 0 Å². The van der Waals surface area contributed by atoms with Crippen molar-refractivity contribution in [3.05, 3.63) is 78.9 Å². The Bertz CT molecular complexity index is 649. The van der Waals surface area contributed by atoms with Crippen molar-refractivity contribution >= 4 is 5.69 Å². The van der Waals surface area contributed by atoms with Gasteiger partial charge >= 0.3 is 0 Å². The lowest BCUT2D eigenvalue weighted by Gasteiger charge is -2.07. The molecular formula is C17H15N3. The third-order valence-corrected chi connectivity index (χ3v) is 3.12. The van der Waals surface area contributed by atoms with Crippen molar-refractivity contribution in [2.75, 3.05) is 5.32 Å².